The van der Waals surface area contributed by atoms with E-state index in [2.05, 4.69) is 0 Å². The second-order valence-corrected chi connectivity index (χ2v) is 5.44. The smallest absolute Gasteiger partial charge is 0.281 e. The Kier molecular flexibility index (Phi) is 6.82. The zero-order valence-corrected chi connectivity index (χ0v) is 13.2. The van der Waals surface area contributed by atoms with Crippen molar-refractivity contribution < 1.29 is 52.8 Å². The van der Waals surface area contributed by atoms with E-state index in [0.29, 0.717) is 0 Å². The first kappa shape index (κ1) is 22.1. The molecule has 0 saturated carbocycles. The van der Waals surface area contributed by atoms with Crippen LogP contribution >= 0.6 is 46.6 Å². The highest BCUT2D eigenvalue weighted by atomic mass is 127. The van der Waals surface area contributed by atoms with Crippen LogP contribution in [-0.2, 0) is 14.9 Å². The molecule has 0 fully saturated rings. The minimum absolute atomic E-state index is 0. The van der Waals surface area contributed by atoms with Crippen molar-refractivity contribution in [1.82, 2.24) is 0 Å². The average molecular weight is 552 g/mol. The van der Waals surface area contributed by atoms with Crippen LogP contribution in [0.4, 0.5) is 35.1 Å². The Morgan fingerprint density at radius 1 is 0.895 bits per heavy atom. The largest absolute Gasteiger partial charge is 0.460 e. The predicted molar refractivity (Wildman–Crippen MR) is 61.9 cm³/mol. The molecule has 0 atom stereocenters. The van der Waals surface area contributed by atoms with E-state index in [9.17, 15) is 43.5 Å². The Labute approximate surface area is 130 Å². The lowest BCUT2D eigenvalue weighted by Gasteiger charge is -2.29. The van der Waals surface area contributed by atoms with Gasteiger partial charge in [-0.25, -0.2) is 4.74 Å². The molecule has 118 valence electrons. The molecule has 0 aromatic heterocycles. The number of halogens is 10. The lowest BCUT2D eigenvalue weighted by atomic mass is 10.6. The highest BCUT2D eigenvalue weighted by molar-refractivity contribution is 14.1. The van der Waals surface area contributed by atoms with Gasteiger partial charge >= 0.3 is 31.5 Å². The van der Waals surface area contributed by atoms with E-state index in [-0.39, 0.29) is 24.0 Å². The number of ether oxygens (including phenoxy) is 1. The number of hydrogen-bond acceptors (Lipinski definition) is 3. The van der Waals surface area contributed by atoms with Crippen molar-refractivity contribution in [3.63, 3.8) is 0 Å². The highest BCUT2D eigenvalue weighted by Gasteiger charge is 2.73. The summed E-state index contributed by atoms with van der Waals surface area (Å²) in [5.74, 6) is 0. The lowest BCUT2D eigenvalue weighted by molar-refractivity contribution is -0.438. The van der Waals surface area contributed by atoms with Crippen LogP contribution in [0.5, 0.6) is 0 Å². The molecule has 0 saturated heterocycles. The Morgan fingerprint density at radius 2 is 1.21 bits per heavy atom. The molecule has 1 N–H and O–H groups in total. The van der Waals surface area contributed by atoms with Crippen LogP contribution in [0.3, 0.4) is 0 Å². The molecule has 0 spiro atoms. The Hall–Kier alpha value is 0.770. The number of hydrogen-bond donors (Lipinski definition) is 1. The summed E-state index contributed by atoms with van der Waals surface area (Å²) in [5.41, 5.74) is 0. The van der Waals surface area contributed by atoms with Crippen LogP contribution in [0.15, 0.2) is 0 Å². The van der Waals surface area contributed by atoms with Crippen LogP contribution in [0.25, 0.3) is 0 Å². The standard InChI is InChI=1S/C4HF8IO4S.HI/c5-1(6,13)2(7,8)17-3(9,10)4(11,12)18(14,15)16;/h(H,14,15,16);1H. The van der Waals surface area contributed by atoms with Gasteiger partial charge in [-0.15, -0.1) is 24.0 Å². The topological polar surface area (TPSA) is 63.6 Å². The average Bonchev–Trinajstić information content (AvgIpc) is 1.96. The Morgan fingerprint density at radius 3 is 1.42 bits per heavy atom. The van der Waals surface area contributed by atoms with Gasteiger partial charge in [-0.05, 0) is 0 Å². The fourth-order valence-electron chi connectivity index (χ4n) is 0.428. The van der Waals surface area contributed by atoms with Crippen LogP contribution < -0.4 is 0 Å². The molecule has 0 aliphatic heterocycles. The van der Waals surface area contributed by atoms with Crippen molar-refractivity contribution in [1.29, 1.82) is 0 Å². The third kappa shape index (κ3) is 4.63. The van der Waals surface area contributed by atoms with Gasteiger partial charge in [0.2, 0.25) is 0 Å². The molecule has 19 heavy (non-hydrogen) atoms. The van der Waals surface area contributed by atoms with Gasteiger partial charge in [0.1, 0.15) is 0 Å². The molecular weight excluding hydrogens is 550 g/mol. The first-order valence-electron chi connectivity index (χ1n) is 3.33. The van der Waals surface area contributed by atoms with Crippen LogP contribution in [0, 0.1) is 0 Å². The minimum Gasteiger partial charge on any atom is -0.281 e. The third-order valence-corrected chi connectivity index (χ3v) is 2.76. The fraction of sp³-hybridized carbons (Fsp3) is 1.00. The van der Waals surface area contributed by atoms with Gasteiger partial charge in [-0.2, -0.15) is 43.5 Å². The van der Waals surface area contributed by atoms with Gasteiger partial charge in [-0.3, -0.25) is 4.55 Å². The van der Waals surface area contributed by atoms with Gasteiger partial charge in [0, 0.05) is 22.6 Å². The summed E-state index contributed by atoms with van der Waals surface area (Å²) in [5, 5.41) is -6.54. The zero-order chi connectivity index (χ0) is 15.2. The van der Waals surface area contributed by atoms with Gasteiger partial charge in [0.25, 0.3) is 0 Å². The van der Waals surface area contributed by atoms with Crippen LogP contribution in [0.2, 0.25) is 0 Å². The normalized spacial score (nSPS) is 15.1. The van der Waals surface area contributed by atoms with E-state index < -0.39 is 54.1 Å². The van der Waals surface area contributed by atoms with Gasteiger partial charge in [0.15, 0.2) is 0 Å². The van der Waals surface area contributed by atoms with Crippen molar-refractivity contribution in [2.75, 3.05) is 0 Å². The SMILES string of the molecule is I.O=S(=O)(O)C(F)(F)C(F)(F)OC(F)(F)C(F)(F)I. The van der Waals surface area contributed by atoms with Crippen molar-refractivity contribution in [2.24, 2.45) is 0 Å². The van der Waals surface area contributed by atoms with E-state index in [0.717, 1.165) is 0 Å². The molecule has 15 heteroatoms. The van der Waals surface area contributed by atoms with E-state index >= 15 is 0 Å². The zero-order valence-electron chi connectivity index (χ0n) is 7.89. The molecule has 0 bridgehead atoms. The van der Waals surface area contributed by atoms with E-state index in [4.69, 9.17) is 4.55 Å². The molecule has 0 radical (unpaired) electrons. The van der Waals surface area contributed by atoms with E-state index in [1.165, 1.54) is 0 Å². The van der Waals surface area contributed by atoms with Gasteiger partial charge in [0.05, 0.1) is 0 Å². The van der Waals surface area contributed by atoms with E-state index in [1.54, 1.807) is 0 Å². The van der Waals surface area contributed by atoms with Crippen LogP contribution in [-0.4, -0.2) is 34.4 Å². The van der Waals surface area contributed by atoms with Crippen LogP contribution in [0.1, 0.15) is 0 Å². The quantitative estimate of drug-likeness (QED) is 0.246. The van der Waals surface area contributed by atoms with Crippen molar-refractivity contribution >= 4 is 56.7 Å². The monoisotopic (exact) mass is 552 g/mol. The van der Waals surface area contributed by atoms with Crippen molar-refractivity contribution in [2.45, 2.75) is 21.4 Å². The van der Waals surface area contributed by atoms with Crippen molar-refractivity contribution in [3.05, 3.63) is 0 Å². The lowest BCUT2D eigenvalue weighted by Crippen LogP contribution is -2.54. The maximum Gasteiger partial charge on any atom is 0.460 e. The minimum atomic E-state index is -6.87. The Bertz CT molecular complexity index is 417. The maximum atomic E-state index is 12.4. The maximum absolute atomic E-state index is 12.4. The van der Waals surface area contributed by atoms with Crippen molar-refractivity contribution in [3.8, 4) is 0 Å². The first-order valence-corrected chi connectivity index (χ1v) is 5.85. The fourth-order valence-corrected chi connectivity index (χ4v) is 0.880. The third-order valence-electron chi connectivity index (χ3n) is 1.25. The summed E-state index contributed by atoms with van der Waals surface area (Å²) in [6.45, 7) is 0. The molecule has 0 rings (SSSR count). The second-order valence-electron chi connectivity index (χ2n) is 2.63. The summed E-state index contributed by atoms with van der Waals surface area (Å²) in [4.78, 5) is 0. The summed E-state index contributed by atoms with van der Waals surface area (Å²) in [7, 11) is -6.87. The summed E-state index contributed by atoms with van der Waals surface area (Å²) >= 11 is -0.390. The molecule has 0 aromatic carbocycles. The molecule has 4 nitrogen and oxygen atoms in total. The Balaban J connectivity index is 0. The van der Waals surface area contributed by atoms with Gasteiger partial charge in [-0.1, -0.05) is 0 Å². The van der Waals surface area contributed by atoms with Gasteiger partial charge < -0.3 is 0 Å². The summed E-state index contributed by atoms with van der Waals surface area (Å²) in [6, 6.07) is 0. The predicted octanol–water partition coefficient (Wildman–Crippen LogP) is 3.31. The second kappa shape index (κ2) is 5.87. The summed E-state index contributed by atoms with van der Waals surface area (Å²) in [6.07, 6.45) is -12.7. The molecular formula is C4H2F8I2O4S. The molecule has 0 aliphatic rings. The van der Waals surface area contributed by atoms with E-state index in [1.807, 2.05) is 4.74 Å². The molecule has 0 unspecified atom stereocenters. The number of alkyl halides is 9. The summed E-state index contributed by atoms with van der Waals surface area (Å²) < 4.78 is 122. The molecule has 0 aliphatic carbocycles. The molecule has 0 aromatic rings. The highest BCUT2D eigenvalue weighted by Crippen LogP contribution is 2.48. The first-order chi connectivity index (χ1) is 7.46. The molecule has 0 heterocycles. The molecule has 0 amide bonds. The number of rotatable bonds is 5.